The van der Waals surface area contributed by atoms with E-state index in [2.05, 4.69) is 21.4 Å². The van der Waals surface area contributed by atoms with E-state index >= 15 is 0 Å². The molecule has 1 aromatic carbocycles. The minimum atomic E-state index is -1.02. The van der Waals surface area contributed by atoms with Crippen LogP contribution >= 0.6 is 0 Å². The predicted molar refractivity (Wildman–Crippen MR) is 131 cm³/mol. The van der Waals surface area contributed by atoms with Gasteiger partial charge in [-0.15, -0.1) is 0 Å². The maximum absolute atomic E-state index is 13.1. The second kappa shape index (κ2) is 11.9. The molecule has 0 fully saturated rings. The van der Waals surface area contributed by atoms with Gasteiger partial charge in [-0.3, -0.25) is 14.4 Å². The van der Waals surface area contributed by atoms with Crippen molar-refractivity contribution in [3.8, 4) is 5.75 Å². The zero-order valence-electron chi connectivity index (χ0n) is 20.4. The highest BCUT2D eigenvalue weighted by Gasteiger charge is 2.29. The Morgan fingerprint density at radius 3 is 2.71 bits per heavy atom. The number of nitrogens with one attached hydrogen (secondary N) is 2. The highest BCUT2D eigenvalue weighted by Crippen LogP contribution is 2.28. The molecule has 186 valence electrons. The van der Waals surface area contributed by atoms with Gasteiger partial charge >= 0.3 is 5.97 Å². The average molecular weight is 472 g/mol. The van der Waals surface area contributed by atoms with E-state index in [1.165, 1.54) is 0 Å². The molecule has 2 bridgehead atoms. The van der Waals surface area contributed by atoms with Crippen molar-refractivity contribution in [2.24, 2.45) is 11.8 Å². The minimum Gasteiger partial charge on any atom is -0.497 e. The van der Waals surface area contributed by atoms with Crippen LogP contribution in [0.4, 0.5) is 0 Å². The van der Waals surface area contributed by atoms with Gasteiger partial charge in [0.25, 0.3) is 0 Å². The van der Waals surface area contributed by atoms with E-state index in [0.717, 1.165) is 54.4 Å². The predicted octanol–water partition coefficient (Wildman–Crippen LogP) is 3.50. The fraction of sp³-hybridized carbons (Fsp3) is 0.577. The van der Waals surface area contributed by atoms with Crippen molar-refractivity contribution in [3.63, 3.8) is 0 Å². The van der Waals surface area contributed by atoms with Crippen LogP contribution in [0.5, 0.6) is 5.75 Å². The van der Waals surface area contributed by atoms with Gasteiger partial charge < -0.3 is 25.0 Å². The third kappa shape index (κ3) is 6.74. The van der Waals surface area contributed by atoms with Crippen molar-refractivity contribution in [2.75, 3.05) is 13.7 Å². The van der Waals surface area contributed by atoms with E-state index in [-0.39, 0.29) is 24.2 Å². The smallest absolute Gasteiger partial charge is 0.304 e. The fourth-order valence-corrected chi connectivity index (χ4v) is 4.70. The van der Waals surface area contributed by atoms with Gasteiger partial charge in [0, 0.05) is 42.5 Å². The highest BCUT2D eigenvalue weighted by molar-refractivity contribution is 5.91. The number of aryl methyl sites for hydroxylation is 1. The lowest BCUT2D eigenvalue weighted by Gasteiger charge is -2.23. The summed E-state index contributed by atoms with van der Waals surface area (Å²) < 4.78 is 7.64. The number of fused-ring (bicyclic) bond motifs is 5. The van der Waals surface area contributed by atoms with E-state index in [1.807, 2.05) is 32.0 Å². The number of aromatic nitrogens is 1. The van der Waals surface area contributed by atoms with Crippen molar-refractivity contribution in [3.05, 3.63) is 30.0 Å². The fourth-order valence-electron chi connectivity index (χ4n) is 4.70. The van der Waals surface area contributed by atoms with E-state index in [0.29, 0.717) is 19.4 Å². The molecule has 2 atom stereocenters. The van der Waals surface area contributed by atoms with Gasteiger partial charge in [0.2, 0.25) is 11.8 Å². The molecule has 0 spiro atoms. The molecule has 2 heterocycles. The van der Waals surface area contributed by atoms with Crippen LogP contribution < -0.4 is 15.4 Å². The number of carbonyl (C=O) groups excluding carboxylic acids is 2. The number of carboxylic acid groups (broad SMARTS) is 1. The summed E-state index contributed by atoms with van der Waals surface area (Å²) in [5.74, 6) is -1.44. The van der Waals surface area contributed by atoms with Crippen LogP contribution in [0.15, 0.2) is 24.4 Å². The maximum Gasteiger partial charge on any atom is 0.304 e. The number of benzene rings is 1. The first-order valence-electron chi connectivity index (χ1n) is 12.2. The quantitative estimate of drug-likeness (QED) is 0.573. The van der Waals surface area contributed by atoms with Gasteiger partial charge in [-0.2, -0.15) is 0 Å². The molecule has 2 amide bonds. The van der Waals surface area contributed by atoms with Crippen LogP contribution in [0.2, 0.25) is 0 Å². The summed E-state index contributed by atoms with van der Waals surface area (Å²) in [6.07, 6.45) is 6.61. The number of methoxy groups -OCH3 is 1. The largest absolute Gasteiger partial charge is 0.497 e. The Bertz CT molecular complexity index is 1010. The number of ether oxygens (including phenoxy) is 1. The standard InChI is InChI=1S/C26H37N3O5/c1-17(2)12-18(14-24(30)31)25(32)28-22-13-19-16-29(11-7-5-4-6-10-27-26(22)33)23-9-8-20(34-3)15-21(19)23/h8-9,15-18,22H,4-7,10-14H2,1-3H3,(H,27,33)(H,28,32)(H,30,31)/t18-,22+/m1/s1. The van der Waals surface area contributed by atoms with Crippen LogP contribution in [-0.2, 0) is 27.3 Å². The van der Waals surface area contributed by atoms with Crippen LogP contribution in [0, 0.1) is 11.8 Å². The van der Waals surface area contributed by atoms with Crippen LogP contribution in [-0.4, -0.2) is 47.2 Å². The number of carbonyl (C=O) groups is 3. The number of nitrogens with zero attached hydrogens (tertiary/aromatic N) is 1. The average Bonchev–Trinajstić information content (AvgIpc) is 3.13. The third-order valence-corrected chi connectivity index (χ3v) is 6.40. The summed E-state index contributed by atoms with van der Waals surface area (Å²) in [7, 11) is 1.62. The van der Waals surface area contributed by atoms with Gasteiger partial charge in [0.15, 0.2) is 0 Å². The zero-order valence-corrected chi connectivity index (χ0v) is 20.4. The summed E-state index contributed by atoms with van der Waals surface area (Å²) >= 11 is 0. The Kier molecular flexibility index (Phi) is 8.96. The molecule has 3 N–H and O–H groups in total. The Morgan fingerprint density at radius 1 is 1.24 bits per heavy atom. The normalized spacial score (nSPS) is 18.4. The summed E-state index contributed by atoms with van der Waals surface area (Å²) in [5, 5.41) is 16.1. The summed E-state index contributed by atoms with van der Waals surface area (Å²) in [6, 6.07) is 5.14. The number of hydrogen-bond acceptors (Lipinski definition) is 4. The molecule has 0 unspecified atom stereocenters. The molecule has 1 aliphatic heterocycles. The van der Waals surface area contributed by atoms with Gasteiger partial charge in [-0.25, -0.2) is 0 Å². The van der Waals surface area contributed by atoms with Crippen LogP contribution in [0.25, 0.3) is 10.9 Å². The van der Waals surface area contributed by atoms with Crippen molar-refractivity contribution >= 4 is 28.7 Å². The van der Waals surface area contributed by atoms with E-state index in [1.54, 1.807) is 7.11 Å². The second-order valence-corrected chi connectivity index (χ2v) is 9.63. The van der Waals surface area contributed by atoms with Gasteiger partial charge in [-0.05, 0) is 48.9 Å². The maximum atomic E-state index is 13.1. The number of carboxylic acids is 1. The third-order valence-electron chi connectivity index (χ3n) is 6.40. The molecule has 2 aromatic rings. The SMILES string of the molecule is COc1ccc2c(c1)c1cn2CCCCCCNC(=O)[C@@H](NC(=O)[C@@H](CC(=O)O)CC(C)C)C1. The second-order valence-electron chi connectivity index (χ2n) is 9.63. The Hall–Kier alpha value is -3.03. The molecule has 34 heavy (non-hydrogen) atoms. The monoisotopic (exact) mass is 471 g/mol. The van der Waals surface area contributed by atoms with E-state index in [4.69, 9.17) is 4.74 Å². The summed E-state index contributed by atoms with van der Waals surface area (Å²) in [5.41, 5.74) is 2.02. The molecule has 8 heteroatoms. The highest BCUT2D eigenvalue weighted by atomic mass is 16.5. The van der Waals surface area contributed by atoms with Crippen molar-refractivity contribution in [1.82, 2.24) is 15.2 Å². The topological polar surface area (TPSA) is 110 Å². The van der Waals surface area contributed by atoms with Gasteiger partial charge in [0.05, 0.1) is 13.5 Å². The first kappa shape index (κ1) is 25.6. The number of amides is 2. The molecular formula is C26H37N3O5. The van der Waals surface area contributed by atoms with Crippen molar-refractivity contribution < 1.29 is 24.2 Å². The Balaban J connectivity index is 1.93. The molecule has 0 saturated carbocycles. The van der Waals surface area contributed by atoms with Gasteiger partial charge in [-0.1, -0.05) is 26.7 Å². The van der Waals surface area contributed by atoms with E-state index < -0.39 is 17.9 Å². The lowest BCUT2D eigenvalue weighted by Crippen LogP contribution is -2.50. The first-order chi connectivity index (χ1) is 16.3. The Labute approximate surface area is 201 Å². The molecule has 1 aromatic heterocycles. The lowest BCUT2D eigenvalue weighted by molar-refractivity contribution is -0.141. The van der Waals surface area contributed by atoms with Crippen LogP contribution in [0.3, 0.4) is 0 Å². The molecule has 0 saturated heterocycles. The molecular weight excluding hydrogens is 434 g/mol. The van der Waals surface area contributed by atoms with Crippen molar-refractivity contribution in [2.45, 2.75) is 71.4 Å². The molecule has 0 radical (unpaired) electrons. The Morgan fingerprint density at radius 2 is 2.00 bits per heavy atom. The lowest BCUT2D eigenvalue weighted by atomic mass is 9.92. The number of rotatable bonds is 7. The summed E-state index contributed by atoms with van der Waals surface area (Å²) in [6.45, 7) is 5.35. The van der Waals surface area contributed by atoms with E-state index in [9.17, 15) is 19.5 Å². The minimum absolute atomic E-state index is 0.162. The molecule has 3 rings (SSSR count). The number of hydrogen-bond donors (Lipinski definition) is 3. The first-order valence-corrected chi connectivity index (χ1v) is 12.2. The summed E-state index contributed by atoms with van der Waals surface area (Å²) in [4.78, 5) is 37.6. The van der Waals surface area contributed by atoms with Crippen molar-refractivity contribution in [1.29, 1.82) is 0 Å². The molecule has 1 aliphatic rings. The van der Waals surface area contributed by atoms with Crippen LogP contribution in [0.1, 0.15) is 57.9 Å². The zero-order chi connectivity index (χ0) is 24.7. The molecule has 8 nitrogen and oxygen atoms in total. The van der Waals surface area contributed by atoms with Gasteiger partial charge in [0.1, 0.15) is 11.8 Å². The number of aliphatic carboxylic acids is 1. The molecule has 0 aliphatic carbocycles.